The first kappa shape index (κ1) is 41.1. The minimum atomic E-state index is -1.08. The van der Waals surface area contributed by atoms with Crippen LogP contribution >= 0.6 is 0 Å². The molecule has 1 fully saturated rings. The Bertz CT molecular complexity index is 2060. The third-order valence-electron chi connectivity index (χ3n) is 9.06. The number of carbonyl (C=O) groups is 5. The van der Waals surface area contributed by atoms with Crippen LogP contribution in [0.15, 0.2) is 88.1 Å². The van der Waals surface area contributed by atoms with E-state index >= 15 is 0 Å². The predicted molar refractivity (Wildman–Crippen MR) is 209 cm³/mol. The summed E-state index contributed by atoms with van der Waals surface area (Å²) in [5, 5.41) is 14.0. The number of alkyl carbamates (subject to hydrolysis) is 1. The second-order valence-corrected chi connectivity index (χ2v) is 14.9. The number of carbonyl (C=O) groups excluding carboxylic acids is 5. The van der Waals surface area contributed by atoms with E-state index in [1.807, 2.05) is 18.2 Å². The summed E-state index contributed by atoms with van der Waals surface area (Å²) in [7, 11) is 0. The van der Waals surface area contributed by atoms with Gasteiger partial charge in [-0.1, -0.05) is 53.6 Å². The Balaban J connectivity index is 1.19. The van der Waals surface area contributed by atoms with Gasteiger partial charge in [0.15, 0.2) is 0 Å². The van der Waals surface area contributed by atoms with Gasteiger partial charge in [-0.2, -0.15) is 0 Å². The summed E-state index contributed by atoms with van der Waals surface area (Å²) in [6.07, 6.45) is -0.311. The molecule has 17 heteroatoms. The molecule has 5 rings (SSSR count). The number of nitrogens with one attached hydrogen (secondary N) is 5. The minimum absolute atomic E-state index is 0.0152. The van der Waals surface area contributed by atoms with Crippen molar-refractivity contribution in [2.45, 2.75) is 57.9 Å². The van der Waals surface area contributed by atoms with E-state index in [0.717, 1.165) is 16.5 Å². The number of benzene rings is 3. The first-order valence-corrected chi connectivity index (χ1v) is 19.5. The smallest absolute Gasteiger partial charge is 0.411 e. The van der Waals surface area contributed by atoms with Crippen LogP contribution in [0.2, 0.25) is 0 Å². The Morgan fingerprint density at radius 2 is 1.50 bits per heavy atom. The van der Waals surface area contributed by atoms with Crippen LogP contribution in [0.4, 0.5) is 25.8 Å². The van der Waals surface area contributed by atoms with Crippen LogP contribution in [0.3, 0.4) is 0 Å². The molecule has 296 valence electrons. The highest BCUT2D eigenvalue weighted by Crippen LogP contribution is 2.24. The van der Waals surface area contributed by atoms with Crippen molar-refractivity contribution in [1.82, 2.24) is 16.0 Å². The summed E-state index contributed by atoms with van der Waals surface area (Å²) in [6, 6.07) is 19.0. The van der Waals surface area contributed by atoms with E-state index in [0.29, 0.717) is 46.9 Å². The molecule has 0 bridgehead atoms. The van der Waals surface area contributed by atoms with E-state index in [9.17, 15) is 33.3 Å². The molecular formula is C39H44N6O10S. The van der Waals surface area contributed by atoms with Gasteiger partial charge >= 0.3 is 23.8 Å². The summed E-state index contributed by atoms with van der Waals surface area (Å²) in [5.74, 6) is -0.786. The van der Waals surface area contributed by atoms with Gasteiger partial charge in [0.1, 0.15) is 42.4 Å². The average Bonchev–Trinajstić information content (AvgIpc) is 3.17. The predicted octanol–water partition coefficient (Wildman–Crippen LogP) is 4.18. The fraction of sp³-hybridized carbons (Fsp3) is 0.333. The van der Waals surface area contributed by atoms with Gasteiger partial charge in [-0.3, -0.25) is 14.9 Å². The zero-order valence-corrected chi connectivity index (χ0v) is 31.5. The summed E-state index contributed by atoms with van der Waals surface area (Å²) in [4.78, 5) is 75.8. The molecule has 1 aromatic heterocycles. The van der Waals surface area contributed by atoms with Crippen LogP contribution < -0.4 is 37.9 Å². The lowest BCUT2D eigenvalue weighted by molar-refractivity contribution is -0.129. The van der Waals surface area contributed by atoms with Crippen molar-refractivity contribution in [2.75, 3.05) is 28.7 Å². The maximum atomic E-state index is 13.8. The van der Waals surface area contributed by atoms with E-state index in [2.05, 4.69) is 26.6 Å². The standard InChI is InChI=1S/C39H44N6O10S/c1-24-20-33(46)55-32-21-29(13-14-30(24)32)43-38(50)53-23-26-9-11-28(12-10-26)42-35(47)31(8-5-17-41-37(40)49)44-36(48)34(27-15-18-56(52)19-16-27)45-39(51)54-22-25-6-3-2-4-7-25/h2-4,6-7,9-14,20-21,27,31,34H,5,8,15-19,22-23H2,1H3,(H,42,47)(H,43,50)(H,44,48)(H,45,51)(H3,40,41,49)/t27?,31-,34-,56?/m0/s1. The molecular weight excluding hydrogens is 745 g/mol. The van der Waals surface area contributed by atoms with Gasteiger partial charge in [0.2, 0.25) is 11.8 Å². The quantitative estimate of drug-likeness (QED) is 0.0570. The van der Waals surface area contributed by atoms with Crippen LogP contribution in [0.25, 0.3) is 11.0 Å². The summed E-state index contributed by atoms with van der Waals surface area (Å²) < 4.78 is 28.0. The number of fused-ring (bicyclic) bond motifs is 1. The summed E-state index contributed by atoms with van der Waals surface area (Å²) in [5.41, 5.74) is 7.90. The molecule has 6 amide bonds. The number of aryl methyl sites for hydroxylation is 1. The number of rotatable bonds is 15. The fourth-order valence-electron chi connectivity index (χ4n) is 6.10. The van der Waals surface area contributed by atoms with E-state index in [1.54, 1.807) is 55.5 Å². The van der Waals surface area contributed by atoms with E-state index < -0.39 is 58.9 Å². The number of urea groups is 1. The lowest BCUT2D eigenvalue weighted by Crippen LogP contribution is -2.56. The molecule has 3 aromatic carbocycles. The highest BCUT2D eigenvalue weighted by atomic mass is 32.2. The molecule has 4 aromatic rings. The summed E-state index contributed by atoms with van der Waals surface area (Å²) >= 11 is -1.03. The largest absolute Gasteiger partial charge is 0.616 e. The number of primary amides is 1. The van der Waals surface area contributed by atoms with Gasteiger partial charge in [-0.05, 0) is 79.5 Å². The van der Waals surface area contributed by atoms with Crippen LogP contribution in [-0.2, 0) is 43.5 Å². The number of hydrogen-bond donors (Lipinski definition) is 6. The number of ether oxygens (including phenoxy) is 2. The molecule has 56 heavy (non-hydrogen) atoms. The third kappa shape index (κ3) is 12.5. The van der Waals surface area contributed by atoms with E-state index in [-0.39, 0.29) is 38.5 Å². The second kappa shape index (κ2) is 20.0. The van der Waals surface area contributed by atoms with Crippen LogP contribution in [-0.4, -0.2) is 64.7 Å². The highest BCUT2D eigenvalue weighted by molar-refractivity contribution is 7.91. The molecule has 0 radical (unpaired) electrons. The highest BCUT2D eigenvalue weighted by Gasteiger charge is 2.36. The maximum Gasteiger partial charge on any atom is 0.411 e. The average molecular weight is 789 g/mol. The molecule has 0 spiro atoms. The fourth-order valence-corrected chi connectivity index (χ4v) is 7.44. The SMILES string of the molecule is Cc1cc(=O)oc2cc(NC(=O)OCc3ccc(NC(=O)[C@H](CCCNC(N)=O)NC(=O)[C@@H](NC(=O)OCc4ccccc4)C4CC[S+]([O-])CC4)cc3)ccc12. The first-order valence-electron chi connectivity index (χ1n) is 18.0. The Morgan fingerprint density at radius 1 is 0.839 bits per heavy atom. The zero-order valence-electron chi connectivity index (χ0n) is 30.7. The topological polar surface area (TPSA) is 243 Å². The molecule has 2 heterocycles. The van der Waals surface area contributed by atoms with E-state index in [4.69, 9.17) is 19.6 Å². The molecule has 0 aliphatic carbocycles. The molecule has 1 aliphatic rings. The van der Waals surface area contributed by atoms with Crippen LogP contribution in [0.5, 0.6) is 0 Å². The lowest BCUT2D eigenvalue weighted by atomic mass is 9.92. The third-order valence-corrected chi connectivity index (χ3v) is 10.4. The van der Waals surface area contributed by atoms with Gasteiger partial charge in [-0.15, -0.1) is 0 Å². The van der Waals surface area contributed by atoms with Gasteiger partial charge in [0.05, 0.1) is 0 Å². The molecule has 1 aliphatic heterocycles. The Morgan fingerprint density at radius 3 is 2.20 bits per heavy atom. The van der Waals surface area contributed by atoms with Gasteiger partial charge in [-0.25, -0.2) is 19.2 Å². The van der Waals surface area contributed by atoms with Crippen molar-refractivity contribution in [3.8, 4) is 0 Å². The molecule has 1 saturated heterocycles. The number of hydrogen-bond acceptors (Lipinski definition) is 10. The van der Waals surface area contributed by atoms with Gasteiger partial charge < -0.3 is 45.4 Å². The monoisotopic (exact) mass is 788 g/mol. The van der Waals surface area contributed by atoms with Crippen molar-refractivity contribution in [3.05, 3.63) is 106 Å². The van der Waals surface area contributed by atoms with Gasteiger partial charge in [0.25, 0.3) is 0 Å². The lowest BCUT2D eigenvalue weighted by Gasteiger charge is -2.31. The van der Waals surface area contributed by atoms with Crippen molar-refractivity contribution >= 4 is 63.6 Å². The Kier molecular flexibility index (Phi) is 14.7. The molecule has 2 atom stereocenters. The van der Waals surface area contributed by atoms with Crippen LogP contribution in [0.1, 0.15) is 42.4 Å². The van der Waals surface area contributed by atoms with E-state index in [1.165, 1.54) is 12.1 Å². The van der Waals surface area contributed by atoms with Crippen molar-refractivity contribution < 1.29 is 42.4 Å². The van der Waals surface area contributed by atoms with Gasteiger partial charge in [0, 0.05) is 35.4 Å². The zero-order chi connectivity index (χ0) is 40.0. The second-order valence-electron chi connectivity index (χ2n) is 13.2. The van der Waals surface area contributed by atoms with Crippen LogP contribution in [0, 0.1) is 12.8 Å². The Labute approximate surface area is 325 Å². The minimum Gasteiger partial charge on any atom is -0.616 e. The normalized spacial score (nSPS) is 16.1. The number of anilines is 2. The first-order chi connectivity index (χ1) is 26.9. The number of amides is 6. The molecule has 0 unspecified atom stereocenters. The molecule has 0 saturated carbocycles. The van der Waals surface area contributed by atoms with Crippen molar-refractivity contribution in [1.29, 1.82) is 0 Å². The molecule has 7 N–H and O–H groups in total. The van der Waals surface area contributed by atoms with Crippen molar-refractivity contribution in [3.63, 3.8) is 0 Å². The van der Waals surface area contributed by atoms with Crippen molar-refractivity contribution in [2.24, 2.45) is 11.7 Å². The summed E-state index contributed by atoms with van der Waals surface area (Å²) in [6.45, 7) is 1.83. The Hall–Kier alpha value is -6.07. The molecule has 16 nitrogen and oxygen atoms in total. The maximum absolute atomic E-state index is 13.8. The number of nitrogens with two attached hydrogens (primary N) is 1.